The average molecular weight is 280 g/mol. The fourth-order valence-corrected chi connectivity index (χ4v) is 4.43. The first-order valence-corrected chi connectivity index (χ1v) is 10.6. The lowest BCUT2D eigenvalue weighted by Crippen LogP contribution is -2.55. The van der Waals surface area contributed by atoms with Crippen molar-refractivity contribution in [1.82, 2.24) is 0 Å². The molecule has 3 heteroatoms. The standard InChI is InChI=1S/C16H28O2Si/c1-7-8-10-14-11-9-12-16(13-17,15(14,2)3)18-19(4,5)6/h7,11,13H,1,8-10,12H2,2-6H3. The van der Waals surface area contributed by atoms with Crippen molar-refractivity contribution >= 4 is 14.6 Å². The van der Waals surface area contributed by atoms with Crippen molar-refractivity contribution < 1.29 is 9.22 Å². The molecule has 0 amide bonds. The molecule has 1 atom stereocenters. The Hall–Kier alpha value is -0.673. The smallest absolute Gasteiger partial charge is 0.185 e. The Bertz CT molecular complexity index is 377. The van der Waals surface area contributed by atoms with E-state index >= 15 is 0 Å². The van der Waals surface area contributed by atoms with Crippen molar-refractivity contribution in [2.45, 2.75) is 64.8 Å². The molecule has 0 N–H and O–H groups in total. The second-order valence-corrected chi connectivity index (χ2v) is 11.4. The van der Waals surface area contributed by atoms with Gasteiger partial charge in [0.05, 0.1) is 0 Å². The molecule has 1 aliphatic rings. The van der Waals surface area contributed by atoms with Gasteiger partial charge in [-0.25, -0.2) is 0 Å². The van der Waals surface area contributed by atoms with E-state index in [4.69, 9.17) is 4.43 Å². The van der Waals surface area contributed by atoms with Crippen LogP contribution in [0.25, 0.3) is 0 Å². The molecular formula is C16H28O2Si. The number of aldehydes is 1. The van der Waals surface area contributed by atoms with Crippen LogP contribution < -0.4 is 0 Å². The van der Waals surface area contributed by atoms with E-state index in [0.29, 0.717) is 0 Å². The van der Waals surface area contributed by atoms with Gasteiger partial charge >= 0.3 is 0 Å². The van der Waals surface area contributed by atoms with Crippen molar-refractivity contribution in [2.24, 2.45) is 5.41 Å². The van der Waals surface area contributed by atoms with Crippen LogP contribution in [0.3, 0.4) is 0 Å². The molecule has 19 heavy (non-hydrogen) atoms. The summed E-state index contributed by atoms with van der Waals surface area (Å²) < 4.78 is 6.35. The van der Waals surface area contributed by atoms with Gasteiger partial charge < -0.3 is 9.22 Å². The molecule has 1 unspecified atom stereocenters. The van der Waals surface area contributed by atoms with E-state index in [1.165, 1.54) is 5.57 Å². The summed E-state index contributed by atoms with van der Waals surface area (Å²) in [6.45, 7) is 14.5. The molecule has 0 aliphatic heterocycles. The molecule has 0 aromatic carbocycles. The second kappa shape index (κ2) is 5.76. The van der Waals surface area contributed by atoms with Gasteiger partial charge in [-0.05, 0) is 45.3 Å². The summed E-state index contributed by atoms with van der Waals surface area (Å²) in [6.07, 6.45) is 8.95. The number of rotatable bonds is 6. The van der Waals surface area contributed by atoms with Crippen LogP contribution in [0.1, 0.15) is 39.5 Å². The zero-order valence-electron chi connectivity index (χ0n) is 13.1. The van der Waals surface area contributed by atoms with Crippen LogP contribution in [0.15, 0.2) is 24.3 Å². The molecule has 0 heterocycles. The summed E-state index contributed by atoms with van der Waals surface area (Å²) in [7, 11) is -1.77. The maximum absolute atomic E-state index is 11.8. The van der Waals surface area contributed by atoms with E-state index in [1.54, 1.807) is 0 Å². The summed E-state index contributed by atoms with van der Waals surface area (Å²) in [5, 5.41) is 0. The lowest BCUT2D eigenvalue weighted by Gasteiger charge is -2.50. The van der Waals surface area contributed by atoms with Gasteiger partial charge in [-0.2, -0.15) is 0 Å². The van der Waals surface area contributed by atoms with Gasteiger partial charge in [0.25, 0.3) is 0 Å². The topological polar surface area (TPSA) is 26.3 Å². The van der Waals surface area contributed by atoms with E-state index in [9.17, 15) is 4.79 Å². The highest BCUT2D eigenvalue weighted by atomic mass is 28.4. The zero-order valence-corrected chi connectivity index (χ0v) is 14.1. The van der Waals surface area contributed by atoms with Crippen LogP contribution >= 0.6 is 0 Å². The Morgan fingerprint density at radius 3 is 2.53 bits per heavy atom. The molecule has 0 saturated heterocycles. The molecule has 0 radical (unpaired) electrons. The summed E-state index contributed by atoms with van der Waals surface area (Å²) in [6, 6.07) is 0. The van der Waals surface area contributed by atoms with Gasteiger partial charge in [0.1, 0.15) is 5.60 Å². The molecule has 0 spiro atoms. The van der Waals surface area contributed by atoms with Gasteiger partial charge in [0.15, 0.2) is 14.6 Å². The fraction of sp³-hybridized carbons (Fsp3) is 0.688. The van der Waals surface area contributed by atoms with Gasteiger partial charge in [0, 0.05) is 5.41 Å². The minimum atomic E-state index is -1.77. The van der Waals surface area contributed by atoms with Crippen molar-refractivity contribution in [2.75, 3.05) is 0 Å². The van der Waals surface area contributed by atoms with Crippen LogP contribution in [-0.4, -0.2) is 20.2 Å². The number of carbonyl (C=O) groups excluding carboxylic acids is 1. The molecular weight excluding hydrogens is 252 g/mol. The molecule has 0 aromatic rings. The highest BCUT2D eigenvalue weighted by Crippen LogP contribution is 2.48. The van der Waals surface area contributed by atoms with Crippen molar-refractivity contribution in [1.29, 1.82) is 0 Å². The third-order valence-electron chi connectivity index (χ3n) is 4.06. The average Bonchev–Trinajstić information content (AvgIpc) is 2.28. The maximum atomic E-state index is 11.8. The van der Waals surface area contributed by atoms with E-state index in [1.807, 2.05) is 6.08 Å². The number of hydrogen-bond donors (Lipinski definition) is 0. The highest BCUT2D eigenvalue weighted by molar-refractivity contribution is 6.70. The van der Waals surface area contributed by atoms with Gasteiger partial charge in [-0.3, -0.25) is 0 Å². The van der Waals surface area contributed by atoms with Crippen molar-refractivity contribution in [3.63, 3.8) is 0 Å². The third kappa shape index (κ3) is 3.45. The molecule has 0 bridgehead atoms. The van der Waals surface area contributed by atoms with E-state index in [2.05, 4.69) is 46.1 Å². The quantitative estimate of drug-likeness (QED) is 0.407. The Kier molecular flexibility index (Phi) is 4.96. The minimum absolute atomic E-state index is 0.226. The number of carbonyl (C=O) groups is 1. The van der Waals surface area contributed by atoms with Crippen LogP contribution in [-0.2, 0) is 9.22 Å². The summed E-state index contributed by atoms with van der Waals surface area (Å²) >= 11 is 0. The highest BCUT2D eigenvalue weighted by Gasteiger charge is 2.51. The summed E-state index contributed by atoms with van der Waals surface area (Å²) in [5.74, 6) is 0. The Morgan fingerprint density at radius 1 is 1.42 bits per heavy atom. The van der Waals surface area contributed by atoms with Gasteiger partial charge in [0.2, 0.25) is 0 Å². The molecule has 1 rings (SSSR count). The lowest BCUT2D eigenvalue weighted by atomic mass is 9.64. The zero-order chi connectivity index (χ0) is 14.7. The number of hydrogen-bond acceptors (Lipinski definition) is 2. The van der Waals surface area contributed by atoms with Crippen molar-refractivity contribution in [3.8, 4) is 0 Å². The van der Waals surface area contributed by atoms with Gasteiger partial charge in [-0.15, -0.1) is 6.58 Å². The molecule has 1 aliphatic carbocycles. The maximum Gasteiger partial charge on any atom is 0.185 e. The van der Waals surface area contributed by atoms with E-state index in [0.717, 1.165) is 32.0 Å². The lowest BCUT2D eigenvalue weighted by molar-refractivity contribution is -0.133. The first-order valence-electron chi connectivity index (χ1n) is 7.15. The molecule has 108 valence electrons. The predicted molar refractivity (Wildman–Crippen MR) is 83.8 cm³/mol. The molecule has 0 aromatic heterocycles. The SMILES string of the molecule is C=CCCC1=CCCC(C=O)(O[Si](C)(C)C)C1(C)C. The van der Waals surface area contributed by atoms with Crippen LogP contribution in [0, 0.1) is 5.41 Å². The Morgan fingerprint density at radius 2 is 2.05 bits per heavy atom. The minimum Gasteiger partial charge on any atom is -0.405 e. The van der Waals surface area contributed by atoms with Crippen molar-refractivity contribution in [3.05, 3.63) is 24.3 Å². The molecule has 2 nitrogen and oxygen atoms in total. The van der Waals surface area contributed by atoms with E-state index in [-0.39, 0.29) is 5.41 Å². The van der Waals surface area contributed by atoms with Crippen LogP contribution in [0.2, 0.25) is 19.6 Å². The normalized spacial score (nSPS) is 26.7. The monoisotopic (exact) mass is 280 g/mol. The summed E-state index contributed by atoms with van der Waals surface area (Å²) in [5.41, 5.74) is 0.461. The molecule has 0 fully saturated rings. The Balaban J connectivity index is 3.10. The molecule has 0 saturated carbocycles. The summed E-state index contributed by atoms with van der Waals surface area (Å²) in [4.78, 5) is 11.8. The third-order valence-corrected chi connectivity index (χ3v) is 5.04. The largest absolute Gasteiger partial charge is 0.405 e. The Labute approximate surface area is 119 Å². The first kappa shape index (κ1) is 16.4. The number of allylic oxidation sites excluding steroid dienone is 2. The van der Waals surface area contributed by atoms with Gasteiger partial charge in [-0.1, -0.05) is 31.6 Å². The predicted octanol–water partition coefficient (Wildman–Crippen LogP) is 4.49. The van der Waals surface area contributed by atoms with Crippen LogP contribution in [0.4, 0.5) is 0 Å². The fourth-order valence-electron chi connectivity index (χ4n) is 2.93. The second-order valence-electron chi connectivity index (χ2n) is 6.94. The first-order chi connectivity index (χ1) is 8.68. The van der Waals surface area contributed by atoms with E-state index < -0.39 is 13.9 Å². The van der Waals surface area contributed by atoms with Crippen LogP contribution in [0.5, 0.6) is 0 Å².